The highest BCUT2D eigenvalue weighted by molar-refractivity contribution is 7.08. The first-order valence-corrected chi connectivity index (χ1v) is 10.3. The molecular weight excluding hydrogens is 392 g/mol. The van der Waals surface area contributed by atoms with Gasteiger partial charge in [0.15, 0.2) is 0 Å². The van der Waals surface area contributed by atoms with Crippen LogP contribution in [-0.2, 0) is 19.1 Å². The molecule has 8 nitrogen and oxygen atoms in total. The van der Waals surface area contributed by atoms with Crippen LogP contribution in [0.2, 0.25) is 0 Å². The zero-order valence-electron chi connectivity index (χ0n) is 16.1. The quantitative estimate of drug-likeness (QED) is 0.624. The lowest BCUT2D eigenvalue weighted by Gasteiger charge is -2.34. The van der Waals surface area contributed by atoms with Crippen molar-refractivity contribution in [1.82, 2.24) is 10.2 Å². The molecule has 1 fully saturated rings. The van der Waals surface area contributed by atoms with Crippen LogP contribution in [0.4, 0.5) is 11.4 Å². The minimum atomic E-state index is -0.754. The maximum absolute atomic E-state index is 12.3. The standard InChI is InChI=1S/C20H24N4O4S/c1-14(25)22-16-3-2-4-17(11-16)23-20(27)19(26)21-12-18(15-5-10-29-13-15)24-6-8-28-9-7-24/h2-5,10-11,13,18H,6-9,12H2,1H3,(H,21,26)(H,22,25)(H,23,27). The number of hydrogen-bond donors (Lipinski definition) is 3. The molecular formula is C20H24N4O4S. The topological polar surface area (TPSA) is 99.8 Å². The largest absolute Gasteiger partial charge is 0.379 e. The van der Waals surface area contributed by atoms with E-state index in [0.29, 0.717) is 31.1 Å². The van der Waals surface area contributed by atoms with Crippen LogP contribution in [0.15, 0.2) is 41.1 Å². The fourth-order valence-electron chi connectivity index (χ4n) is 3.15. The molecule has 29 heavy (non-hydrogen) atoms. The van der Waals surface area contributed by atoms with Gasteiger partial charge in [0.1, 0.15) is 0 Å². The van der Waals surface area contributed by atoms with E-state index in [1.54, 1.807) is 35.6 Å². The van der Waals surface area contributed by atoms with E-state index in [1.807, 2.05) is 11.4 Å². The molecule has 3 N–H and O–H groups in total. The zero-order chi connectivity index (χ0) is 20.6. The maximum atomic E-state index is 12.3. The van der Waals surface area contributed by atoms with Crippen molar-refractivity contribution in [1.29, 1.82) is 0 Å². The summed E-state index contributed by atoms with van der Waals surface area (Å²) in [5.41, 5.74) is 2.08. The van der Waals surface area contributed by atoms with Crippen molar-refractivity contribution in [2.24, 2.45) is 0 Å². The highest BCUT2D eigenvalue weighted by atomic mass is 32.1. The molecule has 1 saturated heterocycles. The number of carbonyl (C=O) groups is 3. The fraction of sp³-hybridized carbons (Fsp3) is 0.350. The number of nitrogens with one attached hydrogen (secondary N) is 3. The van der Waals surface area contributed by atoms with E-state index < -0.39 is 11.8 Å². The van der Waals surface area contributed by atoms with Gasteiger partial charge in [-0.1, -0.05) is 6.07 Å². The predicted molar refractivity (Wildman–Crippen MR) is 112 cm³/mol. The second-order valence-corrected chi connectivity index (χ2v) is 7.43. The summed E-state index contributed by atoms with van der Waals surface area (Å²) in [5, 5.41) is 12.0. The smallest absolute Gasteiger partial charge is 0.313 e. The summed E-state index contributed by atoms with van der Waals surface area (Å²) in [4.78, 5) is 38.0. The van der Waals surface area contributed by atoms with Crippen molar-refractivity contribution in [2.45, 2.75) is 13.0 Å². The van der Waals surface area contributed by atoms with Crippen molar-refractivity contribution in [3.8, 4) is 0 Å². The van der Waals surface area contributed by atoms with E-state index in [9.17, 15) is 14.4 Å². The number of nitrogens with zero attached hydrogens (tertiary/aromatic N) is 1. The van der Waals surface area contributed by atoms with E-state index in [2.05, 4.69) is 26.2 Å². The number of ether oxygens (including phenoxy) is 1. The molecule has 0 saturated carbocycles. The number of rotatable bonds is 6. The highest BCUT2D eigenvalue weighted by Crippen LogP contribution is 2.23. The summed E-state index contributed by atoms with van der Waals surface area (Å²) in [7, 11) is 0. The minimum Gasteiger partial charge on any atom is -0.379 e. The van der Waals surface area contributed by atoms with Crippen LogP contribution < -0.4 is 16.0 Å². The molecule has 0 aliphatic carbocycles. The van der Waals surface area contributed by atoms with Crippen LogP contribution in [0, 0.1) is 0 Å². The lowest BCUT2D eigenvalue weighted by Crippen LogP contribution is -2.45. The van der Waals surface area contributed by atoms with Crippen LogP contribution in [0.5, 0.6) is 0 Å². The number of morpholine rings is 1. The van der Waals surface area contributed by atoms with Gasteiger partial charge in [0.2, 0.25) is 5.91 Å². The molecule has 1 aliphatic rings. The molecule has 2 aromatic rings. The van der Waals surface area contributed by atoms with Crippen molar-refractivity contribution in [3.63, 3.8) is 0 Å². The Morgan fingerprint density at radius 2 is 1.83 bits per heavy atom. The number of thiophene rings is 1. The normalized spacial score (nSPS) is 15.3. The Hall–Kier alpha value is -2.75. The second kappa shape index (κ2) is 10.1. The molecule has 1 aromatic carbocycles. The molecule has 1 aromatic heterocycles. The van der Waals surface area contributed by atoms with Gasteiger partial charge in [-0.2, -0.15) is 11.3 Å². The molecule has 3 amide bonds. The van der Waals surface area contributed by atoms with Crippen LogP contribution >= 0.6 is 11.3 Å². The van der Waals surface area contributed by atoms with Crippen molar-refractivity contribution >= 4 is 40.4 Å². The molecule has 154 valence electrons. The molecule has 0 spiro atoms. The summed E-state index contributed by atoms with van der Waals surface area (Å²) in [6, 6.07) is 8.65. The van der Waals surface area contributed by atoms with Crippen LogP contribution in [-0.4, -0.2) is 55.5 Å². The van der Waals surface area contributed by atoms with Crippen molar-refractivity contribution in [2.75, 3.05) is 43.5 Å². The maximum Gasteiger partial charge on any atom is 0.313 e. The van der Waals surface area contributed by atoms with Gasteiger partial charge < -0.3 is 20.7 Å². The van der Waals surface area contributed by atoms with E-state index in [0.717, 1.165) is 18.7 Å². The molecule has 0 bridgehead atoms. The number of amides is 3. The van der Waals surface area contributed by atoms with Gasteiger partial charge in [0.05, 0.1) is 19.3 Å². The molecule has 2 heterocycles. The van der Waals surface area contributed by atoms with E-state index >= 15 is 0 Å². The van der Waals surface area contributed by atoms with Crippen LogP contribution in [0.1, 0.15) is 18.5 Å². The molecule has 1 unspecified atom stereocenters. The third kappa shape index (κ3) is 6.11. The van der Waals surface area contributed by atoms with Gasteiger partial charge in [-0.3, -0.25) is 19.3 Å². The summed E-state index contributed by atoms with van der Waals surface area (Å²) in [6.07, 6.45) is 0. The van der Waals surface area contributed by atoms with Gasteiger partial charge >= 0.3 is 11.8 Å². The fourth-order valence-corrected chi connectivity index (χ4v) is 3.85. The number of hydrogen-bond acceptors (Lipinski definition) is 6. The molecule has 0 radical (unpaired) electrons. The summed E-state index contributed by atoms with van der Waals surface area (Å²) in [5.74, 6) is -1.67. The minimum absolute atomic E-state index is 0.00926. The Balaban J connectivity index is 1.58. The lowest BCUT2D eigenvalue weighted by atomic mass is 10.1. The average Bonchev–Trinajstić information content (AvgIpc) is 3.23. The summed E-state index contributed by atoms with van der Waals surface area (Å²) in [6.45, 7) is 4.59. The van der Waals surface area contributed by atoms with Gasteiger partial charge in [0, 0.05) is 37.9 Å². The number of anilines is 2. The average molecular weight is 417 g/mol. The Morgan fingerprint density at radius 3 is 2.48 bits per heavy atom. The van der Waals surface area contributed by atoms with Gasteiger partial charge in [-0.15, -0.1) is 0 Å². The van der Waals surface area contributed by atoms with Gasteiger partial charge in [-0.25, -0.2) is 0 Å². The monoisotopic (exact) mass is 416 g/mol. The first kappa shape index (κ1) is 21.0. The van der Waals surface area contributed by atoms with E-state index in [4.69, 9.17) is 4.74 Å². The molecule has 9 heteroatoms. The van der Waals surface area contributed by atoms with Gasteiger partial charge in [-0.05, 0) is 40.6 Å². The third-order valence-corrected chi connectivity index (χ3v) is 5.22. The predicted octanol–water partition coefficient (Wildman–Crippen LogP) is 1.83. The Kier molecular flexibility index (Phi) is 7.34. The molecule has 1 aliphatic heterocycles. The Bertz CT molecular complexity index is 850. The number of carbonyl (C=O) groups excluding carboxylic acids is 3. The second-order valence-electron chi connectivity index (χ2n) is 6.65. The summed E-state index contributed by atoms with van der Waals surface area (Å²) >= 11 is 1.60. The molecule has 3 rings (SSSR count). The Morgan fingerprint density at radius 1 is 1.10 bits per heavy atom. The number of benzene rings is 1. The van der Waals surface area contributed by atoms with Gasteiger partial charge in [0.25, 0.3) is 0 Å². The molecule has 1 atom stereocenters. The zero-order valence-corrected chi connectivity index (χ0v) is 17.0. The van der Waals surface area contributed by atoms with E-state index in [1.165, 1.54) is 6.92 Å². The van der Waals surface area contributed by atoms with Crippen molar-refractivity contribution in [3.05, 3.63) is 46.7 Å². The van der Waals surface area contributed by atoms with E-state index in [-0.39, 0.29) is 11.9 Å². The van der Waals surface area contributed by atoms with Crippen LogP contribution in [0.3, 0.4) is 0 Å². The SMILES string of the molecule is CC(=O)Nc1cccc(NC(=O)C(=O)NCC(c2ccsc2)N2CCOCC2)c1. The first-order chi connectivity index (χ1) is 14.0. The Labute approximate surface area is 173 Å². The highest BCUT2D eigenvalue weighted by Gasteiger charge is 2.24. The lowest BCUT2D eigenvalue weighted by molar-refractivity contribution is -0.136. The first-order valence-electron chi connectivity index (χ1n) is 9.33. The van der Waals surface area contributed by atoms with Crippen LogP contribution in [0.25, 0.3) is 0 Å². The third-order valence-electron chi connectivity index (χ3n) is 4.52. The van der Waals surface area contributed by atoms with Crippen molar-refractivity contribution < 1.29 is 19.1 Å². The summed E-state index contributed by atoms with van der Waals surface area (Å²) < 4.78 is 5.41.